The molecule has 28 heavy (non-hydrogen) atoms. The van der Waals surface area contributed by atoms with Gasteiger partial charge in [-0.25, -0.2) is 13.1 Å². The summed E-state index contributed by atoms with van der Waals surface area (Å²) in [6.45, 7) is 7.37. The van der Waals surface area contributed by atoms with E-state index in [0.717, 1.165) is 12.0 Å². The van der Waals surface area contributed by atoms with Crippen LogP contribution in [-0.2, 0) is 21.2 Å². The Hall–Kier alpha value is -2.38. The molecule has 1 atom stereocenters. The number of nitrogens with one attached hydrogen (secondary N) is 2. The Balaban J connectivity index is 2.37. The summed E-state index contributed by atoms with van der Waals surface area (Å²) in [6.07, 6.45) is 0.927. The lowest BCUT2D eigenvalue weighted by Gasteiger charge is -2.23. The van der Waals surface area contributed by atoms with Crippen LogP contribution in [0, 0.1) is 5.92 Å². The Bertz CT molecular complexity index is 922. The third-order valence-electron chi connectivity index (χ3n) is 4.49. The van der Waals surface area contributed by atoms with Crippen molar-refractivity contribution >= 4 is 21.6 Å². The van der Waals surface area contributed by atoms with Gasteiger partial charge in [-0.3, -0.25) is 4.79 Å². The SMILES string of the molecule is CCc1ccc([C@@H](NS(=O)(=O)c2ccc(OC)c(NC(C)=O)c2)C(C)C)cc1. The summed E-state index contributed by atoms with van der Waals surface area (Å²) in [6, 6.07) is 12.0. The average Bonchev–Trinajstić information content (AvgIpc) is 2.65. The van der Waals surface area contributed by atoms with Crippen molar-refractivity contribution in [2.45, 2.75) is 45.1 Å². The molecule has 2 rings (SSSR count). The molecular weight excluding hydrogens is 376 g/mol. The minimum atomic E-state index is -3.81. The number of hydrogen-bond donors (Lipinski definition) is 2. The highest BCUT2D eigenvalue weighted by Crippen LogP contribution is 2.29. The molecule has 152 valence electrons. The Morgan fingerprint density at radius 1 is 1.11 bits per heavy atom. The fourth-order valence-corrected chi connectivity index (χ4v) is 4.33. The van der Waals surface area contributed by atoms with E-state index in [0.29, 0.717) is 11.4 Å². The smallest absolute Gasteiger partial charge is 0.241 e. The van der Waals surface area contributed by atoms with Gasteiger partial charge in [0.15, 0.2) is 0 Å². The van der Waals surface area contributed by atoms with Gasteiger partial charge in [-0.2, -0.15) is 0 Å². The van der Waals surface area contributed by atoms with Gasteiger partial charge in [-0.05, 0) is 41.7 Å². The number of amides is 1. The standard InChI is InChI=1S/C21H28N2O4S/c1-6-16-7-9-17(10-8-16)21(14(2)3)23-28(25,26)18-11-12-20(27-5)19(13-18)22-15(4)24/h7-14,21,23H,6H2,1-5H3,(H,22,24)/t21-/m0/s1. The highest BCUT2D eigenvalue weighted by Gasteiger charge is 2.25. The molecule has 0 spiro atoms. The summed E-state index contributed by atoms with van der Waals surface area (Å²) in [5.41, 5.74) is 2.42. The zero-order chi connectivity index (χ0) is 20.9. The topological polar surface area (TPSA) is 84.5 Å². The van der Waals surface area contributed by atoms with Crippen molar-refractivity contribution in [2.75, 3.05) is 12.4 Å². The van der Waals surface area contributed by atoms with E-state index in [9.17, 15) is 13.2 Å². The monoisotopic (exact) mass is 404 g/mol. The number of aryl methyl sites for hydroxylation is 1. The second kappa shape index (κ2) is 9.21. The molecule has 0 aliphatic rings. The molecule has 0 aliphatic heterocycles. The summed E-state index contributed by atoms with van der Waals surface area (Å²) in [5, 5.41) is 2.60. The molecule has 2 N–H and O–H groups in total. The van der Waals surface area contributed by atoms with Gasteiger partial charge in [0.25, 0.3) is 0 Å². The molecule has 2 aromatic carbocycles. The summed E-state index contributed by atoms with van der Waals surface area (Å²) < 4.78 is 34.0. The quantitative estimate of drug-likeness (QED) is 0.699. The molecule has 0 unspecified atom stereocenters. The predicted octanol–water partition coefficient (Wildman–Crippen LogP) is 3.89. The van der Waals surface area contributed by atoms with Gasteiger partial charge in [0.1, 0.15) is 5.75 Å². The van der Waals surface area contributed by atoms with Gasteiger partial charge in [-0.1, -0.05) is 45.0 Å². The number of hydrogen-bond acceptors (Lipinski definition) is 4. The Morgan fingerprint density at radius 2 is 1.75 bits per heavy atom. The van der Waals surface area contributed by atoms with Crippen molar-refractivity contribution < 1.29 is 17.9 Å². The molecule has 1 amide bonds. The molecule has 0 heterocycles. The number of rotatable bonds is 8. The molecule has 0 saturated heterocycles. The van der Waals surface area contributed by atoms with Crippen molar-refractivity contribution in [3.8, 4) is 5.75 Å². The first kappa shape index (κ1) is 21.9. The molecule has 2 aromatic rings. The van der Waals surface area contributed by atoms with Crippen LogP contribution in [0.2, 0.25) is 0 Å². The number of carbonyl (C=O) groups is 1. The van der Waals surface area contributed by atoms with Gasteiger partial charge in [0.2, 0.25) is 15.9 Å². The van der Waals surface area contributed by atoms with Crippen molar-refractivity contribution in [3.05, 3.63) is 53.6 Å². The second-order valence-electron chi connectivity index (χ2n) is 6.98. The lowest BCUT2D eigenvalue weighted by molar-refractivity contribution is -0.114. The fraction of sp³-hybridized carbons (Fsp3) is 0.381. The number of anilines is 1. The Kier molecular flexibility index (Phi) is 7.21. The molecule has 7 heteroatoms. The highest BCUT2D eigenvalue weighted by molar-refractivity contribution is 7.89. The average molecular weight is 405 g/mol. The summed E-state index contributed by atoms with van der Waals surface area (Å²) in [5.74, 6) is 0.136. The van der Waals surface area contributed by atoms with Gasteiger partial charge in [-0.15, -0.1) is 0 Å². The maximum absolute atomic E-state index is 13.0. The normalized spacial score (nSPS) is 12.6. The first-order chi connectivity index (χ1) is 13.2. The number of methoxy groups -OCH3 is 1. The van der Waals surface area contributed by atoms with Crippen molar-refractivity contribution in [1.82, 2.24) is 4.72 Å². The van der Waals surface area contributed by atoms with E-state index in [2.05, 4.69) is 17.0 Å². The maximum atomic E-state index is 13.0. The molecule has 0 saturated carbocycles. The molecule has 0 aliphatic carbocycles. The zero-order valence-corrected chi connectivity index (χ0v) is 17.8. The van der Waals surface area contributed by atoms with E-state index in [1.54, 1.807) is 0 Å². The predicted molar refractivity (Wildman–Crippen MR) is 111 cm³/mol. The van der Waals surface area contributed by atoms with Crippen molar-refractivity contribution in [1.29, 1.82) is 0 Å². The molecule has 0 fully saturated rings. The summed E-state index contributed by atoms with van der Waals surface area (Å²) in [4.78, 5) is 11.5. The van der Waals surface area contributed by atoms with Crippen LogP contribution < -0.4 is 14.8 Å². The number of sulfonamides is 1. The van der Waals surface area contributed by atoms with Crippen LogP contribution in [0.4, 0.5) is 5.69 Å². The minimum absolute atomic E-state index is 0.0512. The van der Waals surface area contributed by atoms with Gasteiger partial charge in [0, 0.05) is 13.0 Å². The Morgan fingerprint density at radius 3 is 2.25 bits per heavy atom. The molecule has 0 bridgehead atoms. The first-order valence-electron chi connectivity index (χ1n) is 9.24. The van der Waals surface area contributed by atoms with E-state index in [4.69, 9.17) is 4.74 Å². The highest BCUT2D eigenvalue weighted by atomic mass is 32.2. The molecule has 0 radical (unpaired) electrons. The van der Waals surface area contributed by atoms with Crippen LogP contribution in [0.15, 0.2) is 47.4 Å². The third-order valence-corrected chi connectivity index (χ3v) is 5.93. The third kappa shape index (κ3) is 5.33. The molecular formula is C21H28N2O4S. The zero-order valence-electron chi connectivity index (χ0n) is 16.9. The lowest BCUT2D eigenvalue weighted by Crippen LogP contribution is -2.32. The van der Waals surface area contributed by atoms with Crippen LogP contribution in [0.3, 0.4) is 0 Å². The second-order valence-corrected chi connectivity index (χ2v) is 8.70. The van der Waals surface area contributed by atoms with Crippen LogP contribution in [0.25, 0.3) is 0 Å². The Labute approximate surface area is 167 Å². The van der Waals surface area contributed by atoms with Crippen LogP contribution >= 0.6 is 0 Å². The molecule has 0 aromatic heterocycles. The van der Waals surface area contributed by atoms with E-state index >= 15 is 0 Å². The van der Waals surface area contributed by atoms with E-state index < -0.39 is 10.0 Å². The summed E-state index contributed by atoms with van der Waals surface area (Å²) in [7, 11) is -2.35. The van der Waals surface area contributed by atoms with Crippen LogP contribution in [0.1, 0.15) is 44.9 Å². The fourth-order valence-electron chi connectivity index (χ4n) is 2.93. The van der Waals surface area contributed by atoms with Crippen LogP contribution in [0.5, 0.6) is 5.75 Å². The minimum Gasteiger partial charge on any atom is -0.495 e. The number of benzene rings is 2. The maximum Gasteiger partial charge on any atom is 0.241 e. The summed E-state index contributed by atoms with van der Waals surface area (Å²) >= 11 is 0. The molecule has 6 nitrogen and oxygen atoms in total. The van der Waals surface area contributed by atoms with Gasteiger partial charge in [0.05, 0.1) is 17.7 Å². The van der Waals surface area contributed by atoms with Crippen LogP contribution in [-0.4, -0.2) is 21.4 Å². The number of carbonyl (C=O) groups excluding carboxylic acids is 1. The first-order valence-corrected chi connectivity index (χ1v) is 10.7. The lowest BCUT2D eigenvalue weighted by atomic mass is 9.96. The van der Waals surface area contributed by atoms with Gasteiger partial charge < -0.3 is 10.1 Å². The van der Waals surface area contributed by atoms with Gasteiger partial charge >= 0.3 is 0 Å². The van der Waals surface area contributed by atoms with Crippen molar-refractivity contribution in [3.63, 3.8) is 0 Å². The van der Waals surface area contributed by atoms with E-state index in [1.807, 2.05) is 38.1 Å². The largest absolute Gasteiger partial charge is 0.495 e. The van der Waals surface area contributed by atoms with E-state index in [1.165, 1.54) is 37.8 Å². The van der Waals surface area contributed by atoms with Crippen molar-refractivity contribution in [2.24, 2.45) is 5.92 Å². The van der Waals surface area contributed by atoms with E-state index in [-0.39, 0.29) is 22.8 Å². The number of ether oxygens (including phenoxy) is 1.